The number of likely N-dealkylation sites (N-methyl/N-ethyl adjacent to an activating group) is 1. The van der Waals surface area contributed by atoms with E-state index < -0.39 is 0 Å². The van der Waals surface area contributed by atoms with Gasteiger partial charge in [-0.15, -0.1) is 0 Å². The molecule has 1 rings (SSSR count). The molecule has 0 heterocycles. The Morgan fingerprint density at radius 3 is 2.35 bits per heavy atom. The van der Waals surface area contributed by atoms with E-state index in [2.05, 4.69) is 88.2 Å². The highest BCUT2D eigenvalue weighted by Gasteiger charge is 2.19. The van der Waals surface area contributed by atoms with Crippen LogP contribution in [0.15, 0.2) is 27.1 Å². The molecule has 0 aromatic heterocycles. The molecule has 0 atom stereocenters. The molecule has 0 amide bonds. The first-order valence-corrected chi connectivity index (χ1v) is 7.23. The van der Waals surface area contributed by atoms with Crippen molar-refractivity contribution in [2.75, 3.05) is 20.6 Å². The van der Waals surface area contributed by atoms with Crippen LogP contribution in [0.2, 0.25) is 0 Å². The summed E-state index contributed by atoms with van der Waals surface area (Å²) < 4.78 is 2.19. The second-order valence-corrected chi connectivity index (χ2v) is 6.77. The fourth-order valence-corrected chi connectivity index (χ4v) is 1.99. The minimum absolute atomic E-state index is 0.173. The van der Waals surface area contributed by atoms with Crippen molar-refractivity contribution < 1.29 is 0 Å². The molecule has 0 saturated heterocycles. The molecule has 0 aliphatic heterocycles. The second-order valence-electron chi connectivity index (χ2n) is 5.06. The van der Waals surface area contributed by atoms with E-state index in [-0.39, 0.29) is 5.54 Å². The first-order chi connectivity index (χ1) is 7.83. The highest BCUT2D eigenvalue weighted by atomic mass is 79.9. The first kappa shape index (κ1) is 15.2. The summed E-state index contributed by atoms with van der Waals surface area (Å²) in [5.41, 5.74) is 1.46. The average molecular weight is 364 g/mol. The van der Waals surface area contributed by atoms with E-state index in [1.165, 1.54) is 5.56 Å². The number of nitrogens with one attached hydrogen (secondary N) is 1. The van der Waals surface area contributed by atoms with Gasteiger partial charge in [0, 0.05) is 27.6 Å². The van der Waals surface area contributed by atoms with Crippen LogP contribution >= 0.6 is 31.9 Å². The Hall–Kier alpha value is 0.1000. The van der Waals surface area contributed by atoms with Gasteiger partial charge in [-0.25, -0.2) is 0 Å². The molecule has 2 nitrogen and oxygen atoms in total. The zero-order valence-corrected chi connectivity index (χ0v) is 14.0. The van der Waals surface area contributed by atoms with E-state index in [9.17, 15) is 0 Å². The quantitative estimate of drug-likeness (QED) is 0.859. The molecule has 96 valence electrons. The number of halogens is 2. The highest BCUT2D eigenvalue weighted by molar-refractivity contribution is 9.13. The number of hydrogen-bond donors (Lipinski definition) is 1. The van der Waals surface area contributed by atoms with E-state index in [1.54, 1.807) is 0 Å². The largest absolute Gasteiger partial charge is 0.311 e. The lowest BCUT2D eigenvalue weighted by atomic mass is 10.0. The molecule has 1 N–H and O–H groups in total. The lowest BCUT2D eigenvalue weighted by Crippen LogP contribution is -2.46. The Kier molecular flexibility index (Phi) is 5.64. The molecule has 0 spiro atoms. The van der Waals surface area contributed by atoms with Gasteiger partial charge in [0.2, 0.25) is 0 Å². The molecule has 0 bridgehead atoms. The van der Waals surface area contributed by atoms with Gasteiger partial charge in [0.15, 0.2) is 0 Å². The number of hydrogen-bond acceptors (Lipinski definition) is 2. The van der Waals surface area contributed by atoms with E-state index in [4.69, 9.17) is 0 Å². The minimum Gasteiger partial charge on any atom is -0.311 e. The average Bonchev–Trinajstić information content (AvgIpc) is 2.23. The number of rotatable bonds is 5. The van der Waals surface area contributed by atoms with Gasteiger partial charge in [-0.05, 0) is 77.5 Å². The SMILES string of the molecule is CN(C)C(C)(C)CNCc1ccc(Br)c(Br)c1. The Morgan fingerprint density at radius 1 is 1.18 bits per heavy atom. The molecule has 17 heavy (non-hydrogen) atoms. The molecule has 4 heteroatoms. The molecule has 0 radical (unpaired) electrons. The fraction of sp³-hybridized carbons (Fsp3) is 0.538. The van der Waals surface area contributed by atoms with Gasteiger partial charge in [0.05, 0.1) is 0 Å². The zero-order valence-electron chi connectivity index (χ0n) is 10.8. The van der Waals surface area contributed by atoms with E-state index in [0.29, 0.717) is 0 Å². The van der Waals surface area contributed by atoms with Crippen LogP contribution in [0.25, 0.3) is 0 Å². The van der Waals surface area contributed by atoms with Crippen LogP contribution in [0.3, 0.4) is 0 Å². The Labute approximate surface area is 121 Å². The maximum Gasteiger partial charge on any atom is 0.0320 e. The standard InChI is InChI=1S/C13H20Br2N2/c1-13(2,17(3)4)9-16-8-10-5-6-11(14)12(15)7-10/h5-7,16H,8-9H2,1-4H3. The highest BCUT2D eigenvalue weighted by Crippen LogP contribution is 2.23. The van der Waals surface area contributed by atoms with Crippen molar-refractivity contribution in [2.45, 2.75) is 25.9 Å². The lowest BCUT2D eigenvalue weighted by molar-refractivity contribution is 0.190. The smallest absolute Gasteiger partial charge is 0.0320 e. The summed E-state index contributed by atoms with van der Waals surface area (Å²) in [5, 5.41) is 3.49. The van der Waals surface area contributed by atoms with Crippen LogP contribution in [-0.4, -0.2) is 31.1 Å². The van der Waals surface area contributed by atoms with E-state index >= 15 is 0 Å². The van der Waals surface area contributed by atoms with Gasteiger partial charge in [0.1, 0.15) is 0 Å². The van der Waals surface area contributed by atoms with Gasteiger partial charge < -0.3 is 10.2 Å². The molecule has 1 aromatic carbocycles. The predicted molar refractivity (Wildman–Crippen MR) is 81.3 cm³/mol. The van der Waals surface area contributed by atoms with E-state index in [0.717, 1.165) is 22.0 Å². The molecule has 1 aromatic rings. The van der Waals surface area contributed by atoms with Gasteiger partial charge >= 0.3 is 0 Å². The van der Waals surface area contributed by atoms with Gasteiger partial charge in [-0.1, -0.05) is 6.07 Å². The molecule has 0 fully saturated rings. The van der Waals surface area contributed by atoms with Crippen LogP contribution in [0.5, 0.6) is 0 Å². The summed E-state index contributed by atoms with van der Waals surface area (Å²) in [6, 6.07) is 6.34. The van der Waals surface area contributed by atoms with Crippen molar-refractivity contribution in [1.82, 2.24) is 10.2 Å². The van der Waals surface area contributed by atoms with Crippen LogP contribution in [0.4, 0.5) is 0 Å². The normalized spacial score (nSPS) is 12.2. The fourth-order valence-electron chi connectivity index (χ4n) is 1.32. The summed E-state index contributed by atoms with van der Waals surface area (Å²) >= 11 is 6.99. The summed E-state index contributed by atoms with van der Waals surface area (Å²) in [7, 11) is 4.22. The number of benzene rings is 1. The zero-order chi connectivity index (χ0) is 13.1. The molecule has 0 unspecified atom stereocenters. The predicted octanol–water partition coefficient (Wildman–Crippen LogP) is 3.64. The van der Waals surface area contributed by atoms with Crippen molar-refractivity contribution >= 4 is 31.9 Å². The topological polar surface area (TPSA) is 15.3 Å². The molecule has 0 aliphatic carbocycles. The van der Waals surface area contributed by atoms with Crippen LogP contribution in [0, 0.1) is 0 Å². The molecular formula is C13H20Br2N2. The third-order valence-corrected chi connectivity index (χ3v) is 4.96. The minimum atomic E-state index is 0.173. The van der Waals surface area contributed by atoms with Crippen molar-refractivity contribution in [2.24, 2.45) is 0 Å². The summed E-state index contributed by atoms with van der Waals surface area (Å²) in [5.74, 6) is 0. The van der Waals surface area contributed by atoms with Gasteiger partial charge in [-0.2, -0.15) is 0 Å². The summed E-state index contributed by atoms with van der Waals surface area (Å²) in [6.45, 7) is 6.33. The van der Waals surface area contributed by atoms with Crippen LogP contribution in [0.1, 0.15) is 19.4 Å². The monoisotopic (exact) mass is 362 g/mol. The first-order valence-electron chi connectivity index (χ1n) is 5.65. The van der Waals surface area contributed by atoms with E-state index in [1.807, 2.05) is 0 Å². The Morgan fingerprint density at radius 2 is 1.82 bits per heavy atom. The molecular weight excluding hydrogens is 344 g/mol. The second kappa shape index (κ2) is 6.32. The maximum atomic E-state index is 3.52. The third kappa shape index (κ3) is 4.70. The van der Waals surface area contributed by atoms with Crippen molar-refractivity contribution in [1.29, 1.82) is 0 Å². The van der Waals surface area contributed by atoms with Crippen molar-refractivity contribution in [3.63, 3.8) is 0 Å². The van der Waals surface area contributed by atoms with Crippen molar-refractivity contribution in [3.05, 3.63) is 32.7 Å². The summed E-state index contributed by atoms with van der Waals surface area (Å²) in [4.78, 5) is 2.23. The lowest BCUT2D eigenvalue weighted by Gasteiger charge is -2.32. The van der Waals surface area contributed by atoms with Gasteiger partial charge in [0.25, 0.3) is 0 Å². The van der Waals surface area contributed by atoms with Crippen LogP contribution in [-0.2, 0) is 6.54 Å². The summed E-state index contributed by atoms with van der Waals surface area (Å²) in [6.07, 6.45) is 0. The molecule has 0 saturated carbocycles. The van der Waals surface area contributed by atoms with Crippen molar-refractivity contribution in [3.8, 4) is 0 Å². The maximum absolute atomic E-state index is 3.52. The van der Waals surface area contributed by atoms with Crippen LogP contribution < -0.4 is 5.32 Å². The molecule has 0 aliphatic rings. The Bertz CT molecular complexity index is 376. The Balaban J connectivity index is 2.49. The van der Waals surface area contributed by atoms with Gasteiger partial charge in [-0.3, -0.25) is 0 Å². The third-order valence-electron chi connectivity index (χ3n) is 3.08. The number of nitrogens with zero attached hydrogens (tertiary/aromatic N) is 1.